The molecule has 2 nitrogen and oxygen atoms in total. The van der Waals surface area contributed by atoms with Crippen LogP contribution >= 0.6 is 0 Å². The molecule has 0 aromatic rings. The standard InChI is InChI=1S/C14H27NO/c1-12(2)15-11-13-6-9-16-14(10-13)7-4-3-5-8-14/h12-13,15H,3-11H2,1-2H3. The van der Waals surface area contributed by atoms with Crippen LogP contribution in [0, 0.1) is 5.92 Å². The highest BCUT2D eigenvalue weighted by molar-refractivity contribution is 4.90. The van der Waals surface area contributed by atoms with E-state index >= 15 is 0 Å². The predicted molar refractivity (Wildman–Crippen MR) is 67.6 cm³/mol. The molecule has 2 heteroatoms. The van der Waals surface area contributed by atoms with Gasteiger partial charge in [0.25, 0.3) is 0 Å². The van der Waals surface area contributed by atoms with Gasteiger partial charge in [-0.2, -0.15) is 0 Å². The maximum Gasteiger partial charge on any atom is 0.0685 e. The number of ether oxygens (including phenoxy) is 1. The van der Waals surface area contributed by atoms with Crippen LogP contribution in [0.3, 0.4) is 0 Å². The number of rotatable bonds is 3. The molecule has 2 aliphatic rings. The Bertz CT molecular complexity index is 203. The Balaban J connectivity index is 1.83. The number of hydrogen-bond acceptors (Lipinski definition) is 2. The van der Waals surface area contributed by atoms with Crippen molar-refractivity contribution in [1.82, 2.24) is 5.32 Å². The van der Waals surface area contributed by atoms with Crippen molar-refractivity contribution in [2.24, 2.45) is 5.92 Å². The smallest absolute Gasteiger partial charge is 0.0685 e. The summed E-state index contributed by atoms with van der Waals surface area (Å²) in [6, 6.07) is 0.616. The number of nitrogens with one attached hydrogen (secondary N) is 1. The quantitative estimate of drug-likeness (QED) is 0.797. The Morgan fingerprint density at radius 3 is 2.69 bits per heavy atom. The second-order valence-corrected chi connectivity index (χ2v) is 6.01. The molecule has 1 saturated carbocycles. The molecular formula is C14H27NO. The van der Waals surface area contributed by atoms with Gasteiger partial charge in [0.15, 0.2) is 0 Å². The topological polar surface area (TPSA) is 21.3 Å². The number of hydrogen-bond donors (Lipinski definition) is 1. The summed E-state index contributed by atoms with van der Waals surface area (Å²) < 4.78 is 6.12. The lowest BCUT2D eigenvalue weighted by molar-refractivity contribution is -0.117. The zero-order valence-electron chi connectivity index (χ0n) is 10.9. The van der Waals surface area contributed by atoms with Crippen molar-refractivity contribution >= 4 is 0 Å². The van der Waals surface area contributed by atoms with E-state index in [1.54, 1.807) is 0 Å². The zero-order chi connectivity index (χ0) is 11.4. The molecule has 2 rings (SSSR count). The lowest BCUT2D eigenvalue weighted by Crippen LogP contribution is -2.44. The average molecular weight is 225 g/mol. The molecule has 0 aromatic heterocycles. The minimum Gasteiger partial charge on any atom is -0.375 e. The van der Waals surface area contributed by atoms with Crippen molar-refractivity contribution in [2.75, 3.05) is 13.2 Å². The molecular weight excluding hydrogens is 198 g/mol. The van der Waals surface area contributed by atoms with Crippen LogP contribution in [0.15, 0.2) is 0 Å². The fourth-order valence-electron chi connectivity index (χ4n) is 3.25. The van der Waals surface area contributed by atoms with Crippen LogP contribution in [0.5, 0.6) is 0 Å². The van der Waals surface area contributed by atoms with Gasteiger partial charge in [0.05, 0.1) is 5.60 Å². The molecule has 94 valence electrons. The van der Waals surface area contributed by atoms with Crippen molar-refractivity contribution in [3.8, 4) is 0 Å². The summed E-state index contributed by atoms with van der Waals surface area (Å²) in [5, 5.41) is 3.58. The van der Waals surface area contributed by atoms with E-state index in [-0.39, 0.29) is 5.60 Å². The predicted octanol–water partition coefficient (Wildman–Crippen LogP) is 3.11. The van der Waals surface area contributed by atoms with Crippen LogP contribution in [0.4, 0.5) is 0 Å². The van der Waals surface area contributed by atoms with Crippen LogP contribution < -0.4 is 5.32 Å². The monoisotopic (exact) mass is 225 g/mol. The largest absolute Gasteiger partial charge is 0.375 e. The fraction of sp³-hybridized carbons (Fsp3) is 1.00. The molecule has 1 spiro atoms. The van der Waals surface area contributed by atoms with Crippen molar-refractivity contribution in [3.63, 3.8) is 0 Å². The first-order valence-electron chi connectivity index (χ1n) is 7.08. The van der Waals surface area contributed by atoms with Crippen LogP contribution in [0.1, 0.15) is 58.8 Å². The van der Waals surface area contributed by atoms with Crippen LogP contribution in [0.2, 0.25) is 0 Å². The van der Waals surface area contributed by atoms with Gasteiger partial charge in [0.1, 0.15) is 0 Å². The maximum absolute atomic E-state index is 6.12. The lowest BCUT2D eigenvalue weighted by Gasteiger charge is -2.43. The summed E-state index contributed by atoms with van der Waals surface area (Å²) in [5.41, 5.74) is 0.278. The van der Waals surface area contributed by atoms with Crippen LogP contribution in [-0.4, -0.2) is 24.8 Å². The second-order valence-electron chi connectivity index (χ2n) is 6.01. The molecule has 1 N–H and O–H groups in total. The molecule has 0 radical (unpaired) electrons. The third kappa shape index (κ3) is 3.21. The first kappa shape index (κ1) is 12.4. The second kappa shape index (κ2) is 5.50. The Hall–Kier alpha value is -0.0800. The Morgan fingerprint density at radius 1 is 1.25 bits per heavy atom. The zero-order valence-corrected chi connectivity index (χ0v) is 10.9. The van der Waals surface area contributed by atoms with Crippen molar-refractivity contribution < 1.29 is 4.74 Å². The first-order chi connectivity index (χ1) is 7.70. The normalized spacial score (nSPS) is 29.8. The Labute approximate surface area is 100 Å². The molecule has 2 fully saturated rings. The van der Waals surface area contributed by atoms with E-state index in [1.165, 1.54) is 51.5 Å². The van der Waals surface area contributed by atoms with E-state index < -0.39 is 0 Å². The molecule has 1 aliphatic carbocycles. The van der Waals surface area contributed by atoms with Gasteiger partial charge in [-0.25, -0.2) is 0 Å². The highest BCUT2D eigenvalue weighted by atomic mass is 16.5. The minimum atomic E-state index is 0.278. The molecule has 1 saturated heterocycles. The highest BCUT2D eigenvalue weighted by Gasteiger charge is 2.38. The SMILES string of the molecule is CC(C)NCC1CCOC2(CCCCC2)C1. The van der Waals surface area contributed by atoms with Gasteiger partial charge >= 0.3 is 0 Å². The van der Waals surface area contributed by atoms with Gasteiger partial charge in [0, 0.05) is 12.6 Å². The van der Waals surface area contributed by atoms with Gasteiger partial charge in [0.2, 0.25) is 0 Å². The van der Waals surface area contributed by atoms with E-state index in [9.17, 15) is 0 Å². The van der Waals surface area contributed by atoms with E-state index in [2.05, 4.69) is 19.2 Å². The summed E-state index contributed by atoms with van der Waals surface area (Å²) >= 11 is 0. The summed E-state index contributed by atoms with van der Waals surface area (Å²) in [6.07, 6.45) is 9.35. The maximum atomic E-state index is 6.12. The van der Waals surface area contributed by atoms with Gasteiger partial charge in [-0.1, -0.05) is 33.1 Å². The molecule has 1 heterocycles. The van der Waals surface area contributed by atoms with Crippen LogP contribution in [-0.2, 0) is 4.74 Å². The molecule has 0 aromatic carbocycles. The van der Waals surface area contributed by atoms with Gasteiger partial charge in [-0.3, -0.25) is 0 Å². The van der Waals surface area contributed by atoms with Crippen LogP contribution in [0.25, 0.3) is 0 Å². The summed E-state index contributed by atoms with van der Waals surface area (Å²) in [5.74, 6) is 0.842. The Morgan fingerprint density at radius 2 is 2.00 bits per heavy atom. The lowest BCUT2D eigenvalue weighted by atomic mass is 9.76. The van der Waals surface area contributed by atoms with E-state index in [1.807, 2.05) is 0 Å². The summed E-state index contributed by atoms with van der Waals surface area (Å²) in [7, 11) is 0. The Kier molecular flexibility index (Phi) is 4.26. The van der Waals surface area contributed by atoms with E-state index in [0.29, 0.717) is 6.04 Å². The van der Waals surface area contributed by atoms with E-state index in [0.717, 1.165) is 12.5 Å². The molecule has 1 atom stereocenters. The first-order valence-corrected chi connectivity index (χ1v) is 7.08. The molecule has 0 amide bonds. The van der Waals surface area contributed by atoms with Crippen molar-refractivity contribution in [1.29, 1.82) is 0 Å². The third-order valence-electron chi connectivity index (χ3n) is 4.17. The summed E-state index contributed by atoms with van der Waals surface area (Å²) in [4.78, 5) is 0. The van der Waals surface area contributed by atoms with Gasteiger partial charge in [-0.15, -0.1) is 0 Å². The fourth-order valence-corrected chi connectivity index (χ4v) is 3.25. The molecule has 1 aliphatic heterocycles. The average Bonchev–Trinajstić information content (AvgIpc) is 2.28. The van der Waals surface area contributed by atoms with E-state index in [4.69, 9.17) is 4.74 Å². The van der Waals surface area contributed by atoms with Gasteiger partial charge in [-0.05, 0) is 38.1 Å². The van der Waals surface area contributed by atoms with Crippen molar-refractivity contribution in [3.05, 3.63) is 0 Å². The van der Waals surface area contributed by atoms with Crippen molar-refractivity contribution in [2.45, 2.75) is 70.4 Å². The highest BCUT2D eigenvalue weighted by Crippen LogP contribution is 2.40. The summed E-state index contributed by atoms with van der Waals surface area (Å²) in [6.45, 7) is 6.64. The minimum absolute atomic E-state index is 0.278. The molecule has 1 unspecified atom stereocenters. The van der Waals surface area contributed by atoms with Gasteiger partial charge < -0.3 is 10.1 Å². The molecule has 0 bridgehead atoms. The third-order valence-corrected chi connectivity index (χ3v) is 4.17. The molecule has 16 heavy (non-hydrogen) atoms.